The third kappa shape index (κ3) is 1.82. The summed E-state index contributed by atoms with van der Waals surface area (Å²) in [5.41, 5.74) is 12.9. The lowest BCUT2D eigenvalue weighted by Gasteiger charge is -2.02. The van der Waals surface area contributed by atoms with E-state index in [-0.39, 0.29) is 12.4 Å². The Kier molecular flexibility index (Phi) is 2.39. The number of hydrogen-bond donors (Lipinski definition) is 3. The summed E-state index contributed by atoms with van der Waals surface area (Å²) in [7, 11) is 0. The number of imidazole rings is 1. The van der Waals surface area contributed by atoms with Crippen LogP contribution in [-0.2, 0) is 6.54 Å². The molecule has 0 fully saturated rings. The fraction of sp³-hybridized carbons (Fsp3) is 0.100. The number of rotatable bonds is 2. The molecule has 4 nitrogen and oxygen atoms in total. The topological polar surface area (TPSA) is 80.7 Å². The Morgan fingerprint density at radius 2 is 2.20 bits per heavy atom. The van der Waals surface area contributed by atoms with Crippen LogP contribution in [0, 0.1) is 5.82 Å². The summed E-state index contributed by atoms with van der Waals surface area (Å²) in [6.07, 6.45) is 1.60. The van der Waals surface area contributed by atoms with Crippen molar-refractivity contribution in [2.45, 2.75) is 6.54 Å². The molecule has 78 valence electrons. The zero-order chi connectivity index (χ0) is 10.8. The predicted octanol–water partition coefficient (Wildman–Crippen LogP) is 1.26. The van der Waals surface area contributed by atoms with Crippen LogP contribution in [0.3, 0.4) is 0 Å². The van der Waals surface area contributed by atoms with E-state index in [9.17, 15) is 4.39 Å². The number of halogens is 1. The average molecular weight is 206 g/mol. The Bertz CT molecular complexity index is 478. The second kappa shape index (κ2) is 3.70. The van der Waals surface area contributed by atoms with Gasteiger partial charge in [0.15, 0.2) is 5.95 Å². The van der Waals surface area contributed by atoms with Crippen molar-refractivity contribution in [1.29, 1.82) is 0 Å². The van der Waals surface area contributed by atoms with E-state index < -0.39 is 0 Å². The minimum Gasteiger partial charge on any atom is -0.369 e. The molecule has 0 saturated carbocycles. The smallest absolute Gasteiger partial charge is 0.197 e. The van der Waals surface area contributed by atoms with Gasteiger partial charge in [-0.15, -0.1) is 0 Å². The fourth-order valence-electron chi connectivity index (χ4n) is 1.38. The summed E-state index contributed by atoms with van der Waals surface area (Å²) >= 11 is 0. The van der Waals surface area contributed by atoms with Gasteiger partial charge >= 0.3 is 0 Å². The largest absolute Gasteiger partial charge is 0.369 e. The number of anilines is 1. The zero-order valence-electron chi connectivity index (χ0n) is 8.00. The maximum absolute atomic E-state index is 13.2. The lowest BCUT2D eigenvalue weighted by Crippen LogP contribution is -1.99. The van der Waals surface area contributed by atoms with Crippen LogP contribution in [0.15, 0.2) is 24.4 Å². The number of nitrogens with two attached hydrogens (primary N) is 2. The van der Waals surface area contributed by atoms with Crippen LogP contribution in [-0.4, -0.2) is 9.97 Å². The van der Waals surface area contributed by atoms with Crippen molar-refractivity contribution in [3.05, 3.63) is 35.8 Å². The lowest BCUT2D eigenvalue weighted by molar-refractivity contribution is 0.611. The van der Waals surface area contributed by atoms with Crippen LogP contribution in [0.5, 0.6) is 0 Å². The standard InChI is InChI=1S/C10H11FN4/c11-8-2-1-6(3-7(8)4-12)9-5-14-10(13)15-9/h1-3,5H,4,12H2,(H3,13,14,15). The summed E-state index contributed by atoms with van der Waals surface area (Å²) in [6.45, 7) is 0.170. The second-order valence-corrected chi connectivity index (χ2v) is 3.19. The SMILES string of the molecule is NCc1cc(-c2cnc(N)[nH]2)ccc1F. The number of nitrogen functional groups attached to an aromatic ring is 1. The molecule has 0 aliphatic carbocycles. The van der Waals surface area contributed by atoms with E-state index in [1.807, 2.05) is 0 Å². The van der Waals surface area contributed by atoms with Gasteiger partial charge in [-0.1, -0.05) is 0 Å². The van der Waals surface area contributed by atoms with Crippen molar-refractivity contribution in [3.8, 4) is 11.3 Å². The maximum Gasteiger partial charge on any atom is 0.197 e. The molecule has 0 aliphatic rings. The monoisotopic (exact) mass is 206 g/mol. The number of hydrogen-bond acceptors (Lipinski definition) is 3. The third-order valence-corrected chi connectivity index (χ3v) is 2.17. The quantitative estimate of drug-likeness (QED) is 0.691. The van der Waals surface area contributed by atoms with E-state index in [0.29, 0.717) is 11.5 Å². The molecular formula is C10H11FN4. The Morgan fingerprint density at radius 1 is 1.40 bits per heavy atom. The fourth-order valence-corrected chi connectivity index (χ4v) is 1.38. The molecule has 5 N–H and O–H groups in total. The van der Waals surface area contributed by atoms with E-state index in [4.69, 9.17) is 11.5 Å². The van der Waals surface area contributed by atoms with Gasteiger partial charge in [-0.2, -0.15) is 0 Å². The van der Waals surface area contributed by atoms with Crippen LogP contribution in [0.25, 0.3) is 11.3 Å². The average Bonchev–Trinajstić information content (AvgIpc) is 2.66. The van der Waals surface area contributed by atoms with E-state index in [0.717, 1.165) is 11.3 Å². The summed E-state index contributed by atoms with van der Waals surface area (Å²) in [6, 6.07) is 4.72. The van der Waals surface area contributed by atoms with Crippen molar-refractivity contribution in [2.24, 2.45) is 5.73 Å². The number of nitrogens with one attached hydrogen (secondary N) is 1. The number of aromatic nitrogens is 2. The number of benzene rings is 1. The van der Waals surface area contributed by atoms with Crippen molar-refractivity contribution in [1.82, 2.24) is 9.97 Å². The normalized spacial score (nSPS) is 10.5. The summed E-state index contributed by atoms with van der Waals surface area (Å²) in [5, 5.41) is 0. The highest BCUT2D eigenvalue weighted by molar-refractivity contribution is 5.60. The molecule has 0 radical (unpaired) electrons. The first-order valence-electron chi connectivity index (χ1n) is 4.50. The Morgan fingerprint density at radius 3 is 2.80 bits per heavy atom. The molecular weight excluding hydrogens is 195 g/mol. The number of nitrogens with zero attached hydrogens (tertiary/aromatic N) is 1. The van der Waals surface area contributed by atoms with Gasteiger partial charge in [0.25, 0.3) is 0 Å². The van der Waals surface area contributed by atoms with Crippen molar-refractivity contribution in [3.63, 3.8) is 0 Å². The zero-order valence-corrected chi connectivity index (χ0v) is 8.00. The van der Waals surface area contributed by atoms with Gasteiger partial charge in [0.1, 0.15) is 5.82 Å². The molecule has 0 bridgehead atoms. The van der Waals surface area contributed by atoms with Gasteiger partial charge in [-0.25, -0.2) is 9.37 Å². The molecule has 15 heavy (non-hydrogen) atoms. The Hall–Kier alpha value is -1.88. The molecule has 0 spiro atoms. The Balaban J connectivity index is 2.45. The molecule has 1 aromatic heterocycles. The van der Waals surface area contributed by atoms with Gasteiger partial charge in [-0.3, -0.25) is 0 Å². The molecule has 1 heterocycles. The third-order valence-electron chi connectivity index (χ3n) is 2.17. The first kappa shape index (κ1) is 9.67. The van der Waals surface area contributed by atoms with E-state index >= 15 is 0 Å². The second-order valence-electron chi connectivity index (χ2n) is 3.19. The van der Waals surface area contributed by atoms with Crippen LogP contribution >= 0.6 is 0 Å². The van der Waals surface area contributed by atoms with E-state index in [2.05, 4.69) is 9.97 Å². The minimum absolute atomic E-state index is 0.170. The highest BCUT2D eigenvalue weighted by atomic mass is 19.1. The first-order valence-corrected chi connectivity index (χ1v) is 4.50. The summed E-state index contributed by atoms with van der Waals surface area (Å²) < 4.78 is 13.2. The summed E-state index contributed by atoms with van der Waals surface area (Å²) in [5.74, 6) is 0.0392. The molecule has 2 aromatic rings. The molecule has 0 unspecified atom stereocenters. The van der Waals surface area contributed by atoms with Gasteiger partial charge in [0.2, 0.25) is 0 Å². The van der Waals surface area contributed by atoms with Gasteiger partial charge in [0, 0.05) is 17.7 Å². The number of aromatic amines is 1. The van der Waals surface area contributed by atoms with Gasteiger partial charge in [-0.05, 0) is 18.2 Å². The van der Waals surface area contributed by atoms with Gasteiger partial charge in [0.05, 0.1) is 11.9 Å². The lowest BCUT2D eigenvalue weighted by atomic mass is 10.1. The molecule has 0 saturated heterocycles. The molecule has 0 aliphatic heterocycles. The molecule has 0 amide bonds. The predicted molar refractivity (Wildman–Crippen MR) is 56.3 cm³/mol. The maximum atomic E-state index is 13.2. The van der Waals surface area contributed by atoms with Crippen LogP contribution < -0.4 is 11.5 Å². The van der Waals surface area contributed by atoms with Crippen LogP contribution in [0.2, 0.25) is 0 Å². The van der Waals surface area contributed by atoms with Crippen molar-refractivity contribution in [2.75, 3.05) is 5.73 Å². The molecule has 0 atom stereocenters. The first-order chi connectivity index (χ1) is 7.20. The van der Waals surface area contributed by atoms with Crippen molar-refractivity contribution >= 4 is 5.95 Å². The molecule has 1 aromatic carbocycles. The highest BCUT2D eigenvalue weighted by Gasteiger charge is 2.05. The van der Waals surface area contributed by atoms with E-state index in [1.54, 1.807) is 18.3 Å². The Labute approximate surface area is 86.1 Å². The van der Waals surface area contributed by atoms with Gasteiger partial charge < -0.3 is 16.5 Å². The number of H-pyrrole nitrogens is 1. The summed E-state index contributed by atoms with van der Waals surface area (Å²) in [4.78, 5) is 6.73. The minimum atomic E-state index is -0.297. The highest BCUT2D eigenvalue weighted by Crippen LogP contribution is 2.20. The van der Waals surface area contributed by atoms with Crippen LogP contribution in [0.4, 0.5) is 10.3 Å². The van der Waals surface area contributed by atoms with Crippen LogP contribution in [0.1, 0.15) is 5.56 Å². The van der Waals surface area contributed by atoms with E-state index in [1.165, 1.54) is 6.07 Å². The van der Waals surface area contributed by atoms with Crippen molar-refractivity contribution < 1.29 is 4.39 Å². The molecule has 5 heteroatoms. The molecule has 2 rings (SSSR count).